The molecule has 0 bridgehead atoms. The maximum atomic E-state index is 12.7. The van der Waals surface area contributed by atoms with Crippen molar-refractivity contribution in [3.63, 3.8) is 0 Å². The summed E-state index contributed by atoms with van der Waals surface area (Å²) in [5, 5.41) is 0. The number of hydrogen-bond acceptors (Lipinski definition) is 3. The molecule has 68 valence electrons. The van der Waals surface area contributed by atoms with Gasteiger partial charge in [-0.1, -0.05) is 0 Å². The molecular weight excluding hydrogens is 173 g/mol. The second kappa shape index (κ2) is 3.12. The van der Waals surface area contributed by atoms with E-state index in [1.54, 1.807) is 0 Å². The summed E-state index contributed by atoms with van der Waals surface area (Å²) in [5.41, 5.74) is -0.0573. The van der Waals surface area contributed by atoms with E-state index in [1.807, 2.05) is 0 Å². The van der Waals surface area contributed by atoms with Crippen LogP contribution < -0.4 is 4.74 Å². The summed E-state index contributed by atoms with van der Waals surface area (Å²) in [6.07, 6.45) is 4.00. The Morgan fingerprint density at radius 2 is 2.38 bits per heavy atom. The van der Waals surface area contributed by atoms with Gasteiger partial charge < -0.3 is 4.74 Å². The van der Waals surface area contributed by atoms with Crippen LogP contribution in [0.1, 0.15) is 23.2 Å². The van der Waals surface area contributed by atoms with Crippen molar-refractivity contribution in [3.05, 3.63) is 23.8 Å². The summed E-state index contributed by atoms with van der Waals surface area (Å²) >= 11 is 0. The second-order valence-electron chi connectivity index (χ2n) is 2.99. The quantitative estimate of drug-likeness (QED) is 0.525. The molecule has 0 atom stereocenters. The molecule has 1 fully saturated rings. The van der Waals surface area contributed by atoms with Gasteiger partial charge in [0, 0.05) is 0 Å². The third-order valence-corrected chi connectivity index (χ3v) is 1.80. The number of aromatic nitrogens is 1. The zero-order chi connectivity index (χ0) is 9.26. The van der Waals surface area contributed by atoms with Crippen molar-refractivity contribution >= 4 is 6.29 Å². The highest BCUT2D eigenvalue weighted by atomic mass is 19.1. The standard InChI is InChI=1S/C9H8FNO2/c10-9-6(5-12)3-8(4-11-9)13-7-1-2-7/h3-5,7H,1-2H2. The monoisotopic (exact) mass is 181 g/mol. The number of hydrogen-bond donors (Lipinski definition) is 0. The minimum atomic E-state index is -0.752. The van der Waals surface area contributed by atoms with Gasteiger partial charge in [0.15, 0.2) is 6.29 Å². The molecule has 0 amide bonds. The molecule has 0 aromatic carbocycles. The van der Waals surface area contributed by atoms with Gasteiger partial charge in [-0.05, 0) is 18.9 Å². The first-order valence-corrected chi connectivity index (χ1v) is 4.07. The number of carbonyl (C=O) groups is 1. The number of rotatable bonds is 3. The van der Waals surface area contributed by atoms with Crippen LogP contribution in [-0.2, 0) is 0 Å². The molecular formula is C9H8FNO2. The van der Waals surface area contributed by atoms with Crippen LogP contribution in [0.5, 0.6) is 5.75 Å². The Bertz CT molecular complexity index is 336. The van der Waals surface area contributed by atoms with Gasteiger partial charge in [-0.15, -0.1) is 0 Å². The van der Waals surface area contributed by atoms with Crippen LogP contribution in [-0.4, -0.2) is 17.4 Å². The number of pyridine rings is 1. The molecule has 0 saturated heterocycles. The van der Waals surface area contributed by atoms with Crippen molar-refractivity contribution in [1.82, 2.24) is 4.98 Å². The first-order chi connectivity index (χ1) is 6.29. The van der Waals surface area contributed by atoms with Crippen molar-refractivity contribution in [2.75, 3.05) is 0 Å². The van der Waals surface area contributed by atoms with Crippen LogP contribution in [0, 0.1) is 5.95 Å². The van der Waals surface area contributed by atoms with Crippen molar-refractivity contribution in [3.8, 4) is 5.75 Å². The Balaban J connectivity index is 2.20. The van der Waals surface area contributed by atoms with E-state index in [0.29, 0.717) is 12.0 Å². The lowest BCUT2D eigenvalue weighted by Crippen LogP contribution is -1.99. The molecule has 1 aromatic heterocycles. The Morgan fingerprint density at radius 1 is 1.62 bits per heavy atom. The molecule has 4 heteroatoms. The van der Waals surface area contributed by atoms with Crippen LogP contribution >= 0.6 is 0 Å². The molecule has 13 heavy (non-hydrogen) atoms. The zero-order valence-electron chi connectivity index (χ0n) is 6.87. The average Bonchev–Trinajstić information content (AvgIpc) is 2.92. The lowest BCUT2D eigenvalue weighted by molar-refractivity contribution is 0.111. The number of nitrogens with zero attached hydrogens (tertiary/aromatic N) is 1. The molecule has 1 aromatic rings. The lowest BCUT2D eigenvalue weighted by Gasteiger charge is -2.03. The maximum absolute atomic E-state index is 12.7. The molecule has 0 radical (unpaired) electrons. The molecule has 3 nitrogen and oxygen atoms in total. The predicted octanol–water partition coefficient (Wildman–Crippen LogP) is 1.57. The van der Waals surface area contributed by atoms with Gasteiger partial charge in [-0.2, -0.15) is 4.39 Å². The molecule has 1 aliphatic rings. The second-order valence-corrected chi connectivity index (χ2v) is 2.99. The SMILES string of the molecule is O=Cc1cc(OC2CC2)cnc1F. The molecule has 0 N–H and O–H groups in total. The summed E-state index contributed by atoms with van der Waals surface area (Å²) in [6, 6.07) is 1.37. The van der Waals surface area contributed by atoms with Crippen molar-refractivity contribution in [2.24, 2.45) is 0 Å². The van der Waals surface area contributed by atoms with Gasteiger partial charge in [-0.25, -0.2) is 4.98 Å². The number of ether oxygens (including phenoxy) is 1. The molecule has 0 aliphatic heterocycles. The summed E-state index contributed by atoms with van der Waals surface area (Å²) in [6.45, 7) is 0. The van der Waals surface area contributed by atoms with Crippen LogP contribution in [0.4, 0.5) is 4.39 Å². The van der Waals surface area contributed by atoms with Gasteiger partial charge in [0.25, 0.3) is 0 Å². The first-order valence-electron chi connectivity index (χ1n) is 4.07. The summed E-state index contributed by atoms with van der Waals surface area (Å²) in [7, 11) is 0. The first kappa shape index (κ1) is 8.16. The normalized spacial score (nSPS) is 15.5. The maximum Gasteiger partial charge on any atom is 0.223 e. The topological polar surface area (TPSA) is 39.2 Å². The largest absolute Gasteiger partial charge is 0.489 e. The number of carbonyl (C=O) groups excluding carboxylic acids is 1. The molecule has 0 spiro atoms. The summed E-state index contributed by atoms with van der Waals surface area (Å²) in [4.78, 5) is 13.8. The van der Waals surface area contributed by atoms with E-state index < -0.39 is 5.95 Å². The van der Waals surface area contributed by atoms with Gasteiger partial charge in [0.1, 0.15) is 5.75 Å². The highest BCUT2D eigenvalue weighted by molar-refractivity contribution is 5.75. The molecule has 1 heterocycles. The molecule has 0 unspecified atom stereocenters. The fourth-order valence-corrected chi connectivity index (χ4v) is 0.970. The summed E-state index contributed by atoms with van der Waals surface area (Å²) in [5.74, 6) is -0.288. The highest BCUT2D eigenvalue weighted by Gasteiger charge is 2.23. The molecule has 2 rings (SSSR count). The van der Waals surface area contributed by atoms with E-state index >= 15 is 0 Å². The van der Waals surface area contributed by atoms with Gasteiger partial charge in [-0.3, -0.25) is 4.79 Å². The van der Waals surface area contributed by atoms with E-state index in [2.05, 4.69) is 4.98 Å². The predicted molar refractivity (Wildman–Crippen MR) is 43.2 cm³/mol. The highest BCUT2D eigenvalue weighted by Crippen LogP contribution is 2.26. The fourth-order valence-electron chi connectivity index (χ4n) is 0.970. The van der Waals surface area contributed by atoms with E-state index in [9.17, 15) is 9.18 Å². The van der Waals surface area contributed by atoms with Gasteiger partial charge >= 0.3 is 0 Å². The van der Waals surface area contributed by atoms with Gasteiger partial charge in [0.2, 0.25) is 5.95 Å². The Morgan fingerprint density at radius 3 is 3.00 bits per heavy atom. The molecule has 1 aliphatic carbocycles. The van der Waals surface area contributed by atoms with E-state index in [1.165, 1.54) is 12.3 Å². The number of halogens is 1. The van der Waals surface area contributed by atoms with Crippen molar-refractivity contribution < 1.29 is 13.9 Å². The van der Waals surface area contributed by atoms with Crippen LogP contribution in [0.25, 0.3) is 0 Å². The fraction of sp³-hybridized carbons (Fsp3) is 0.333. The third kappa shape index (κ3) is 1.83. The average molecular weight is 181 g/mol. The van der Waals surface area contributed by atoms with E-state index in [-0.39, 0.29) is 11.7 Å². The zero-order valence-corrected chi connectivity index (χ0v) is 6.87. The third-order valence-electron chi connectivity index (χ3n) is 1.80. The Kier molecular flexibility index (Phi) is 1.96. The molecule has 1 saturated carbocycles. The smallest absolute Gasteiger partial charge is 0.223 e. The minimum absolute atomic E-state index is 0.0573. The van der Waals surface area contributed by atoms with Crippen molar-refractivity contribution in [1.29, 1.82) is 0 Å². The van der Waals surface area contributed by atoms with Crippen LogP contribution in [0.2, 0.25) is 0 Å². The Hall–Kier alpha value is -1.45. The van der Waals surface area contributed by atoms with Crippen LogP contribution in [0.3, 0.4) is 0 Å². The van der Waals surface area contributed by atoms with E-state index in [0.717, 1.165) is 12.8 Å². The Labute approximate surface area is 74.5 Å². The number of aldehydes is 1. The minimum Gasteiger partial charge on any atom is -0.489 e. The lowest BCUT2D eigenvalue weighted by atomic mass is 10.3. The van der Waals surface area contributed by atoms with Gasteiger partial charge in [0.05, 0.1) is 17.9 Å². The van der Waals surface area contributed by atoms with E-state index in [4.69, 9.17) is 4.74 Å². The van der Waals surface area contributed by atoms with Crippen LogP contribution in [0.15, 0.2) is 12.3 Å². The van der Waals surface area contributed by atoms with Crippen molar-refractivity contribution in [2.45, 2.75) is 18.9 Å². The summed E-state index contributed by atoms with van der Waals surface area (Å²) < 4.78 is 18.1.